The molecule has 1 N–H and O–H groups in total. The van der Waals surface area contributed by atoms with Crippen molar-refractivity contribution in [2.75, 3.05) is 6.61 Å². The molecule has 0 saturated carbocycles. The molecule has 1 amide bonds. The van der Waals surface area contributed by atoms with Gasteiger partial charge in [0.1, 0.15) is 6.61 Å². The second-order valence-electron chi connectivity index (χ2n) is 7.19. The molecular formula is C25H24BrClN2O3. The molecule has 0 aliphatic heterocycles. The van der Waals surface area contributed by atoms with Gasteiger partial charge in [-0.15, -0.1) is 0 Å². The van der Waals surface area contributed by atoms with Gasteiger partial charge >= 0.3 is 0 Å². The van der Waals surface area contributed by atoms with Crippen LogP contribution in [0.3, 0.4) is 0 Å². The van der Waals surface area contributed by atoms with Gasteiger partial charge < -0.3 is 9.47 Å². The quantitative estimate of drug-likeness (QED) is 0.277. The topological polar surface area (TPSA) is 59.9 Å². The summed E-state index contributed by atoms with van der Waals surface area (Å²) in [5, 5.41) is 4.60. The van der Waals surface area contributed by atoms with Crippen molar-refractivity contribution in [3.63, 3.8) is 0 Å². The highest BCUT2D eigenvalue weighted by atomic mass is 79.9. The maximum atomic E-state index is 12.3. The number of amides is 1. The highest BCUT2D eigenvalue weighted by molar-refractivity contribution is 9.10. The lowest BCUT2D eigenvalue weighted by Crippen LogP contribution is -2.17. The number of carbonyl (C=O) groups is 1. The Balaban J connectivity index is 1.72. The molecule has 32 heavy (non-hydrogen) atoms. The fourth-order valence-electron chi connectivity index (χ4n) is 2.84. The number of hydrogen-bond acceptors (Lipinski definition) is 4. The van der Waals surface area contributed by atoms with Crippen molar-refractivity contribution >= 4 is 39.7 Å². The summed E-state index contributed by atoms with van der Waals surface area (Å²) >= 11 is 9.63. The van der Waals surface area contributed by atoms with Crippen molar-refractivity contribution < 1.29 is 14.3 Å². The van der Waals surface area contributed by atoms with Gasteiger partial charge in [-0.05, 0) is 72.1 Å². The third-order valence-corrected chi connectivity index (χ3v) is 5.78. The van der Waals surface area contributed by atoms with Gasteiger partial charge in [0.15, 0.2) is 11.5 Å². The van der Waals surface area contributed by atoms with Gasteiger partial charge in [0.2, 0.25) is 0 Å². The zero-order valence-corrected chi connectivity index (χ0v) is 20.5. The summed E-state index contributed by atoms with van der Waals surface area (Å²) < 4.78 is 12.5. The molecule has 166 valence electrons. The van der Waals surface area contributed by atoms with E-state index in [2.05, 4.69) is 38.6 Å². The van der Waals surface area contributed by atoms with E-state index in [1.165, 1.54) is 5.56 Å². The van der Waals surface area contributed by atoms with Gasteiger partial charge in [0.05, 0.1) is 12.8 Å². The van der Waals surface area contributed by atoms with Crippen LogP contribution in [0.5, 0.6) is 11.5 Å². The average molecular weight is 516 g/mol. The Hall–Kier alpha value is -2.83. The van der Waals surface area contributed by atoms with Crippen LogP contribution in [-0.4, -0.2) is 18.7 Å². The van der Waals surface area contributed by atoms with Crippen LogP contribution in [0.4, 0.5) is 0 Å². The second-order valence-corrected chi connectivity index (χ2v) is 8.45. The first kappa shape index (κ1) is 23.8. The number of benzene rings is 3. The van der Waals surface area contributed by atoms with E-state index >= 15 is 0 Å². The van der Waals surface area contributed by atoms with E-state index in [0.717, 1.165) is 21.2 Å². The molecule has 7 heteroatoms. The lowest BCUT2D eigenvalue weighted by molar-refractivity contribution is 0.0955. The number of rotatable bonds is 8. The van der Waals surface area contributed by atoms with Crippen LogP contribution in [0, 0.1) is 13.8 Å². The molecule has 3 rings (SSSR count). The third kappa shape index (κ3) is 6.34. The number of hydrazone groups is 1. The molecule has 0 radical (unpaired) electrons. The Morgan fingerprint density at radius 3 is 2.47 bits per heavy atom. The highest BCUT2D eigenvalue weighted by Gasteiger charge is 2.11. The number of aryl methyl sites for hydroxylation is 2. The Bertz CT molecular complexity index is 1130. The summed E-state index contributed by atoms with van der Waals surface area (Å²) in [6.07, 6.45) is 1.55. The summed E-state index contributed by atoms with van der Waals surface area (Å²) in [4.78, 5) is 12.3. The van der Waals surface area contributed by atoms with E-state index in [4.69, 9.17) is 21.1 Å². The SMILES string of the molecule is CCOc1cc(/C=N\NC(=O)c2ccc(C)c(Cl)c2)c(Br)cc1OCc1ccc(C)cc1. The van der Waals surface area contributed by atoms with Gasteiger partial charge in [-0.3, -0.25) is 4.79 Å². The smallest absolute Gasteiger partial charge is 0.271 e. The summed E-state index contributed by atoms with van der Waals surface area (Å²) in [6, 6.07) is 16.9. The second kappa shape index (κ2) is 11.2. The van der Waals surface area contributed by atoms with E-state index < -0.39 is 0 Å². The fourth-order valence-corrected chi connectivity index (χ4v) is 3.44. The minimum Gasteiger partial charge on any atom is -0.490 e. The summed E-state index contributed by atoms with van der Waals surface area (Å²) in [5.41, 5.74) is 6.87. The van der Waals surface area contributed by atoms with Crippen molar-refractivity contribution in [1.82, 2.24) is 5.43 Å². The van der Waals surface area contributed by atoms with E-state index in [-0.39, 0.29) is 5.91 Å². The molecule has 0 aliphatic rings. The standard InChI is InChI=1S/C25H24BrClN2O3/c1-4-31-23-12-20(14-28-29-25(30)19-10-7-17(3)22(27)11-19)21(26)13-24(23)32-15-18-8-5-16(2)6-9-18/h5-14H,4,15H2,1-3H3,(H,29,30)/b28-14-. The molecule has 0 unspecified atom stereocenters. The van der Waals surface area contributed by atoms with Crippen molar-refractivity contribution in [2.45, 2.75) is 27.4 Å². The largest absolute Gasteiger partial charge is 0.490 e. The zero-order valence-electron chi connectivity index (χ0n) is 18.1. The molecule has 0 spiro atoms. The molecular weight excluding hydrogens is 492 g/mol. The van der Waals surface area contributed by atoms with E-state index in [1.54, 1.807) is 24.4 Å². The van der Waals surface area contributed by atoms with E-state index in [0.29, 0.717) is 35.3 Å². The predicted octanol–water partition coefficient (Wildman–Crippen LogP) is 6.46. The molecule has 0 aromatic heterocycles. The molecule has 0 atom stereocenters. The van der Waals surface area contributed by atoms with Crippen LogP contribution in [0.2, 0.25) is 5.02 Å². The number of ether oxygens (including phenoxy) is 2. The van der Waals surface area contributed by atoms with Crippen LogP contribution in [0.15, 0.2) is 64.2 Å². The van der Waals surface area contributed by atoms with Gasteiger partial charge in [-0.25, -0.2) is 5.43 Å². The van der Waals surface area contributed by atoms with Crippen molar-refractivity contribution in [1.29, 1.82) is 0 Å². The Kier molecular flexibility index (Phi) is 8.31. The van der Waals surface area contributed by atoms with Crippen LogP contribution in [0.1, 0.15) is 39.5 Å². The fraction of sp³-hybridized carbons (Fsp3) is 0.200. The first-order valence-corrected chi connectivity index (χ1v) is 11.3. The normalized spacial score (nSPS) is 10.9. The monoisotopic (exact) mass is 514 g/mol. The Morgan fingerprint density at radius 2 is 1.78 bits per heavy atom. The average Bonchev–Trinajstić information content (AvgIpc) is 2.77. The van der Waals surface area contributed by atoms with Gasteiger partial charge in [-0.1, -0.05) is 47.5 Å². The Labute approximate surface area is 201 Å². The van der Waals surface area contributed by atoms with E-state index in [1.807, 2.05) is 45.0 Å². The lowest BCUT2D eigenvalue weighted by Gasteiger charge is -2.14. The van der Waals surface area contributed by atoms with Crippen molar-refractivity contribution in [3.05, 3.63) is 91.9 Å². The minimum atomic E-state index is -0.345. The summed E-state index contributed by atoms with van der Waals surface area (Å²) in [7, 11) is 0. The van der Waals surface area contributed by atoms with Crippen LogP contribution in [0.25, 0.3) is 0 Å². The molecule has 0 fully saturated rings. The van der Waals surface area contributed by atoms with E-state index in [9.17, 15) is 4.79 Å². The maximum absolute atomic E-state index is 12.3. The summed E-state index contributed by atoms with van der Waals surface area (Å²) in [5.74, 6) is 0.873. The predicted molar refractivity (Wildman–Crippen MR) is 132 cm³/mol. The molecule has 5 nitrogen and oxygen atoms in total. The lowest BCUT2D eigenvalue weighted by atomic mass is 10.1. The number of halogens is 2. The summed E-state index contributed by atoms with van der Waals surface area (Å²) in [6.45, 7) is 6.75. The van der Waals surface area contributed by atoms with Gasteiger partial charge in [0.25, 0.3) is 5.91 Å². The molecule has 0 aliphatic carbocycles. The zero-order chi connectivity index (χ0) is 23.1. The van der Waals surface area contributed by atoms with Crippen molar-refractivity contribution in [3.8, 4) is 11.5 Å². The molecule has 3 aromatic carbocycles. The van der Waals surface area contributed by atoms with Crippen LogP contribution >= 0.6 is 27.5 Å². The first-order chi connectivity index (χ1) is 15.4. The number of nitrogens with one attached hydrogen (secondary N) is 1. The first-order valence-electron chi connectivity index (χ1n) is 10.1. The highest BCUT2D eigenvalue weighted by Crippen LogP contribution is 2.34. The van der Waals surface area contributed by atoms with Crippen LogP contribution < -0.4 is 14.9 Å². The minimum absolute atomic E-state index is 0.345. The molecule has 0 heterocycles. The maximum Gasteiger partial charge on any atom is 0.271 e. The molecule has 3 aromatic rings. The molecule has 0 saturated heterocycles. The number of carbonyl (C=O) groups excluding carboxylic acids is 1. The third-order valence-electron chi connectivity index (χ3n) is 4.68. The number of hydrogen-bond donors (Lipinski definition) is 1. The molecule has 0 bridgehead atoms. The van der Waals surface area contributed by atoms with Crippen LogP contribution in [-0.2, 0) is 6.61 Å². The Morgan fingerprint density at radius 1 is 1.06 bits per heavy atom. The van der Waals surface area contributed by atoms with Gasteiger partial charge in [0, 0.05) is 20.6 Å². The number of nitrogens with zero attached hydrogens (tertiary/aromatic N) is 1. The van der Waals surface area contributed by atoms with Gasteiger partial charge in [-0.2, -0.15) is 5.10 Å². The van der Waals surface area contributed by atoms with Crippen molar-refractivity contribution in [2.24, 2.45) is 5.10 Å².